The molecule has 1 aromatic rings. The molecule has 1 aliphatic heterocycles. The second-order valence-electron chi connectivity index (χ2n) is 5.48. The number of nitrogens with zero attached hydrogens (tertiary/aromatic N) is 2. The molecule has 2 rings (SSSR count). The van der Waals surface area contributed by atoms with E-state index in [0.29, 0.717) is 11.4 Å². The molecule has 0 saturated carbocycles. The predicted octanol–water partition coefficient (Wildman–Crippen LogP) is 2.91. The van der Waals surface area contributed by atoms with E-state index in [1.807, 2.05) is 4.90 Å². The van der Waals surface area contributed by atoms with Gasteiger partial charge in [0.25, 0.3) is 5.91 Å². The first-order valence-electron chi connectivity index (χ1n) is 7.18. The highest BCUT2D eigenvalue weighted by molar-refractivity contribution is 5.98. The van der Waals surface area contributed by atoms with E-state index in [4.69, 9.17) is 0 Å². The zero-order chi connectivity index (χ0) is 14.8. The van der Waals surface area contributed by atoms with Crippen molar-refractivity contribution in [3.8, 4) is 0 Å². The molecule has 1 aliphatic rings. The summed E-state index contributed by atoms with van der Waals surface area (Å²) in [6.07, 6.45) is 4.26. The van der Waals surface area contributed by atoms with Crippen LogP contribution in [0, 0.1) is 11.2 Å². The highest BCUT2D eigenvalue weighted by Gasteiger charge is 2.37. The molecule has 1 amide bonds. The van der Waals surface area contributed by atoms with Gasteiger partial charge in [-0.1, -0.05) is 13.8 Å². The van der Waals surface area contributed by atoms with Crippen LogP contribution in [-0.4, -0.2) is 35.9 Å². The van der Waals surface area contributed by atoms with Crippen LogP contribution in [0.5, 0.6) is 0 Å². The number of halogens is 1. The SMILES string of the molecule is CCC1(CC)CCN(C(=O)c2cc(F)cnc2NC)C1. The van der Waals surface area contributed by atoms with Crippen molar-refractivity contribution < 1.29 is 9.18 Å². The highest BCUT2D eigenvalue weighted by Crippen LogP contribution is 2.37. The molecule has 2 heterocycles. The van der Waals surface area contributed by atoms with Gasteiger partial charge >= 0.3 is 0 Å². The van der Waals surface area contributed by atoms with Crippen LogP contribution in [0.25, 0.3) is 0 Å². The number of pyridine rings is 1. The predicted molar refractivity (Wildman–Crippen MR) is 77.3 cm³/mol. The van der Waals surface area contributed by atoms with Gasteiger partial charge in [0.15, 0.2) is 0 Å². The minimum Gasteiger partial charge on any atom is -0.372 e. The molecule has 4 nitrogen and oxygen atoms in total. The molecule has 20 heavy (non-hydrogen) atoms. The summed E-state index contributed by atoms with van der Waals surface area (Å²) in [6, 6.07) is 1.26. The smallest absolute Gasteiger partial charge is 0.257 e. The third-order valence-electron chi connectivity index (χ3n) is 4.55. The maximum absolute atomic E-state index is 13.4. The second-order valence-corrected chi connectivity index (χ2v) is 5.48. The van der Waals surface area contributed by atoms with Gasteiger partial charge in [-0.05, 0) is 30.7 Å². The van der Waals surface area contributed by atoms with Crippen molar-refractivity contribution >= 4 is 11.7 Å². The van der Waals surface area contributed by atoms with Gasteiger partial charge in [-0.25, -0.2) is 9.37 Å². The lowest BCUT2D eigenvalue weighted by molar-refractivity contribution is 0.0770. The van der Waals surface area contributed by atoms with E-state index >= 15 is 0 Å². The van der Waals surface area contributed by atoms with Gasteiger partial charge in [0.2, 0.25) is 0 Å². The van der Waals surface area contributed by atoms with E-state index in [1.165, 1.54) is 6.07 Å². The molecule has 0 radical (unpaired) electrons. The van der Waals surface area contributed by atoms with Crippen LogP contribution in [0.1, 0.15) is 43.5 Å². The third-order valence-corrected chi connectivity index (χ3v) is 4.55. The maximum Gasteiger partial charge on any atom is 0.257 e. The number of amides is 1. The van der Waals surface area contributed by atoms with Gasteiger partial charge in [-0.2, -0.15) is 0 Å². The van der Waals surface area contributed by atoms with Gasteiger partial charge in [0, 0.05) is 20.1 Å². The second kappa shape index (κ2) is 5.77. The lowest BCUT2D eigenvalue weighted by Gasteiger charge is -2.26. The summed E-state index contributed by atoms with van der Waals surface area (Å²) >= 11 is 0. The Labute approximate surface area is 119 Å². The van der Waals surface area contributed by atoms with Crippen molar-refractivity contribution in [3.63, 3.8) is 0 Å². The largest absolute Gasteiger partial charge is 0.372 e. The molecule has 1 fully saturated rings. The van der Waals surface area contributed by atoms with Gasteiger partial charge in [-0.15, -0.1) is 0 Å². The van der Waals surface area contributed by atoms with Crippen LogP contribution in [0.2, 0.25) is 0 Å². The number of carbonyl (C=O) groups excluding carboxylic acids is 1. The van der Waals surface area contributed by atoms with Crippen molar-refractivity contribution in [1.82, 2.24) is 9.88 Å². The molecule has 0 spiro atoms. The Balaban J connectivity index is 2.23. The van der Waals surface area contributed by atoms with E-state index in [1.54, 1.807) is 7.05 Å². The van der Waals surface area contributed by atoms with Crippen LogP contribution < -0.4 is 5.32 Å². The lowest BCUT2D eigenvalue weighted by atomic mass is 9.82. The van der Waals surface area contributed by atoms with Gasteiger partial charge in [0.05, 0.1) is 11.8 Å². The Morgan fingerprint density at radius 2 is 2.20 bits per heavy atom. The number of hydrogen-bond donors (Lipinski definition) is 1. The number of aromatic nitrogens is 1. The standard InChI is InChI=1S/C15H22FN3O/c1-4-15(5-2)6-7-19(10-15)14(20)12-8-11(16)9-18-13(12)17-3/h8-9H,4-7,10H2,1-3H3,(H,17,18). The van der Waals surface area contributed by atoms with E-state index in [0.717, 1.165) is 38.5 Å². The highest BCUT2D eigenvalue weighted by atomic mass is 19.1. The topological polar surface area (TPSA) is 45.2 Å². The van der Waals surface area contributed by atoms with Crippen LogP contribution >= 0.6 is 0 Å². The van der Waals surface area contributed by atoms with Crippen molar-refractivity contribution in [2.45, 2.75) is 33.1 Å². The maximum atomic E-state index is 13.4. The Kier molecular flexibility index (Phi) is 4.26. The number of rotatable bonds is 4. The van der Waals surface area contributed by atoms with Gasteiger partial charge < -0.3 is 10.2 Å². The molecule has 0 aromatic carbocycles. The molecule has 110 valence electrons. The van der Waals surface area contributed by atoms with Crippen molar-refractivity contribution in [2.75, 3.05) is 25.5 Å². The number of anilines is 1. The summed E-state index contributed by atoms with van der Waals surface area (Å²) in [4.78, 5) is 18.3. The first-order chi connectivity index (χ1) is 9.55. The Morgan fingerprint density at radius 3 is 2.75 bits per heavy atom. The van der Waals surface area contributed by atoms with Crippen molar-refractivity contribution in [3.05, 3.63) is 23.6 Å². The number of carbonyl (C=O) groups is 1. The summed E-state index contributed by atoms with van der Waals surface area (Å²) in [5.41, 5.74) is 0.534. The Bertz CT molecular complexity index is 500. The molecule has 0 aliphatic carbocycles. The number of likely N-dealkylation sites (tertiary alicyclic amines) is 1. The van der Waals surface area contributed by atoms with Crippen LogP contribution in [0.3, 0.4) is 0 Å². The quantitative estimate of drug-likeness (QED) is 0.921. The van der Waals surface area contributed by atoms with E-state index in [-0.39, 0.29) is 11.3 Å². The summed E-state index contributed by atoms with van der Waals surface area (Å²) in [7, 11) is 1.68. The fraction of sp³-hybridized carbons (Fsp3) is 0.600. The lowest BCUT2D eigenvalue weighted by Crippen LogP contribution is -2.32. The fourth-order valence-electron chi connectivity index (χ4n) is 2.91. The minimum atomic E-state index is -0.483. The van der Waals surface area contributed by atoms with E-state index in [2.05, 4.69) is 24.1 Å². The average Bonchev–Trinajstić information content (AvgIpc) is 2.91. The summed E-state index contributed by atoms with van der Waals surface area (Å²) in [6.45, 7) is 5.82. The average molecular weight is 279 g/mol. The third kappa shape index (κ3) is 2.62. The van der Waals surface area contributed by atoms with Gasteiger partial charge in [-0.3, -0.25) is 4.79 Å². The molecule has 5 heteroatoms. The Morgan fingerprint density at radius 1 is 1.50 bits per heavy atom. The molecule has 1 aromatic heterocycles. The normalized spacial score (nSPS) is 17.3. The Hall–Kier alpha value is -1.65. The first-order valence-corrected chi connectivity index (χ1v) is 7.18. The molecule has 0 bridgehead atoms. The van der Waals surface area contributed by atoms with Crippen LogP contribution in [0.4, 0.5) is 10.2 Å². The first kappa shape index (κ1) is 14.8. The molecular formula is C15H22FN3O. The molecule has 1 N–H and O–H groups in total. The minimum absolute atomic E-state index is 0.134. The van der Waals surface area contributed by atoms with E-state index in [9.17, 15) is 9.18 Å². The van der Waals surface area contributed by atoms with Gasteiger partial charge in [0.1, 0.15) is 11.6 Å². The summed E-state index contributed by atoms with van der Waals surface area (Å²) < 4.78 is 13.4. The summed E-state index contributed by atoms with van der Waals surface area (Å²) in [5, 5.41) is 2.85. The monoisotopic (exact) mass is 279 g/mol. The molecule has 0 atom stereocenters. The molecule has 0 unspecified atom stereocenters. The van der Waals surface area contributed by atoms with Crippen molar-refractivity contribution in [2.24, 2.45) is 5.41 Å². The molecule has 1 saturated heterocycles. The van der Waals surface area contributed by atoms with Crippen molar-refractivity contribution in [1.29, 1.82) is 0 Å². The summed E-state index contributed by atoms with van der Waals surface area (Å²) in [5.74, 6) is -0.184. The van der Waals surface area contributed by atoms with Crippen LogP contribution in [-0.2, 0) is 0 Å². The number of nitrogens with one attached hydrogen (secondary N) is 1. The van der Waals surface area contributed by atoms with Crippen LogP contribution in [0.15, 0.2) is 12.3 Å². The molecular weight excluding hydrogens is 257 g/mol. The number of hydrogen-bond acceptors (Lipinski definition) is 3. The zero-order valence-electron chi connectivity index (χ0n) is 12.4. The van der Waals surface area contributed by atoms with E-state index < -0.39 is 5.82 Å². The zero-order valence-corrected chi connectivity index (χ0v) is 12.4. The fourth-order valence-corrected chi connectivity index (χ4v) is 2.91.